The second-order valence-electron chi connectivity index (χ2n) is 3.81. The van der Waals surface area contributed by atoms with Gasteiger partial charge in [0.1, 0.15) is 5.69 Å². The number of methoxy groups -OCH3 is 1. The summed E-state index contributed by atoms with van der Waals surface area (Å²) in [5.74, 6) is -0.319. The van der Waals surface area contributed by atoms with Crippen LogP contribution >= 0.6 is 0 Å². The number of hydrogen-bond acceptors (Lipinski definition) is 6. The Balaban J connectivity index is 2.65. The summed E-state index contributed by atoms with van der Waals surface area (Å²) in [6, 6.07) is 6.21. The van der Waals surface area contributed by atoms with Crippen LogP contribution in [0.25, 0.3) is 0 Å². The number of esters is 1. The van der Waals surface area contributed by atoms with Crippen LogP contribution in [0.5, 0.6) is 0 Å². The van der Waals surface area contributed by atoms with Crippen molar-refractivity contribution in [1.29, 1.82) is 0 Å². The molecule has 0 atom stereocenters. The number of para-hydroxylation sites is 2. The van der Waals surface area contributed by atoms with Crippen molar-refractivity contribution < 1.29 is 14.5 Å². The second-order valence-corrected chi connectivity index (χ2v) is 3.81. The minimum Gasteiger partial charge on any atom is -0.469 e. The molecule has 0 aliphatic heterocycles. The van der Waals surface area contributed by atoms with E-state index in [2.05, 4.69) is 15.3 Å². The molecule has 1 N–H and O–H groups in total. The lowest BCUT2D eigenvalue weighted by Gasteiger charge is -2.03. The molecule has 102 valence electrons. The molecule has 0 heterocycles. The maximum absolute atomic E-state index is 10.9. The van der Waals surface area contributed by atoms with Crippen molar-refractivity contribution in [2.45, 2.75) is 19.8 Å². The molecule has 1 aromatic carbocycles. The number of carbonyl (C=O) groups is 1. The summed E-state index contributed by atoms with van der Waals surface area (Å²) >= 11 is 0. The molecule has 19 heavy (non-hydrogen) atoms. The summed E-state index contributed by atoms with van der Waals surface area (Å²) in [5, 5.41) is 14.8. The van der Waals surface area contributed by atoms with Crippen LogP contribution in [0.2, 0.25) is 0 Å². The van der Waals surface area contributed by atoms with Gasteiger partial charge in [-0.05, 0) is 19.4 Å². The monoisotopic (exact) mass is 265 g/mol. The molecular weight excluding hydrogens is 250 g/mol. The van der Waals surface area contributed by atoms with E-state index in [1.54, 1.807) is 25.1 Å². The van der Waals surface area contributed by atoms with Gasteiger partial charge in [-0.25, -0.2) is 0 Å². The van der Waals surface area contributed by atoms with E-state index in [1.165, 1.54) is 13.2 Å². The van der Waals surface area contributed by atoms with Crippen molar-refractivity contribution in [2.75, 3.05) is 12.5 Å². The minimum atomic E-state index is -0.484. The molecule has 0 bridgehead atoms. The van der Waals surface area contributed by atoms with E-state index in [0.29, 0.717) is 17.8 Å². The van der Waals surface area contributed by atoms with Crippen molar-refractivity contribution in [2.24, 2.45) is 5.10 Å². The maximum Gasteiger partial charge on any atom is 0.305 e. The predicted molar refractivity (Wildman–Crippen MR) is 71.1 cm³/mol. The van der Waals surface area contributed by atoms with Crippen LogP contribution in [-0.4, -0.2) is 23.7 Å². The largest absolute Gasteiger partial charge is 0.469 e. The summed E-state index contributed by atoms with van der Waals surface area (Å²) in [7, 11) is 1.32. The van der Waals surface area contributed by atoms with Crippen LogP contribution in [0.3, 0.4) is 0 Å². The summed E-state index contributed by atoms with van der Waals surface area (Å²) in [6.07, 6.45) is 0.657. The number of nitrogens with one attached hydrogen (secondary N) is 1. The van der Waals surface area contributed by atoms with Crippen LogP contribution in [0.15, 0.2) is 29.4 Å². The lowest BCUT2D eigenvalue weighted by atomic mass is 10.2. The molecule has 0 saturated heterocycles. The Kier molecular flexibility index (Phi) is 5.46. The van der Waals surface area contributed by atoms with Gasteiger partial charge in [0.2, 0.25) is 0 Å². The van der Waals surface area contributed by atoms with Gasteiger partial charge in [0.15, 0.2) is 0 Å². The molecule has 7 nitrogen and oxygen atoms in total. The van der Waals surface area contributed by atoms with E-state index >= 15 is 0 Å². The molecule has 0 unspecified atom stereocenters. The minimum absolute atomic E-state index is 0.0491. The van der Waals surface area contributed by atoms with Gasteiger partial charge in [0, 0.05) is 11.8 Å². The number of ether oxygens (including phenoxy) is 1. The first-order valence-electron chi connectivity index (χ1n) is 5.64. The maximum atomic E-state index is 10.9. The molecule has 0 amide bonds. The number of nitro benzene ring substituents is 1. The Morgan fingerprint density at radius 1 is 1.42 bits per heavy atom. The fourth-order valence-electron chi connectivity index (χ4n) is 1.32. The van der Waals surface area contributed by atoms with E-state index in [1.807, 2.05) is 0 Å². The third kappa shape index (κ3) is 4.74. The third-order valence-electron chi connectivity index (χ3n) is 2.39. The van der Waals surface area contributed by atoms with E-state index in [-0.39, 0.29) is 18.1 Å². The molecule has 0 radical (unpaired) electrons. The molecule has 0 aromatic heterocycles. The quantitative estimate of drug-likeness (QED) is 0.368. The predicted octanol–water partition coefficient (Wildman–Crippen LogP) is 2.34. The first-order valence-corrected chi connectivity index (χ1v) is 5.64. The molecule has 0 fully saturated rings. The molecule has 0 saturated carbocycles. The molecule has 1 rings (SSSR count). The van der Waals surface area contributed by atoms with Gasteiger partial charge in [0.05, 0.1) is 18.5 Å². The fourth-order valence-corrected chi connectivity index (χ4v) is 1.32. The van der Waals surface area contributed by atoms with Crippen molar-refractivity contribution in [3.05, 3.63) is 34.4 Å². The Morgan fingerprint density at radius 3 is 2.74 bits per heavy atom. The third-order valence-corrected chi connectivity index (χ3v) is 2.39. The SMILES string of the molecule is COC(=O)CC/C(C)=N/Nc1ccccc1[N+](=O)[O-]. The Labute approximate surface area is 110 Å². The average molecular weight is 265 g/mol. The lowest BCUT2D eigenvalue weighted by Crippen LogP contribution is -2.05. The molecule has 0 aliphatic rings. The lowest BCUT2D eigenvalue weighted by molar-refractivity contribution is -0.384. The Bertz CT molecular complexity index is 500. The zero-order valence-corrected chi connectivity index (χ0v) is 10.8. The number of nitro groups is 1. The van der Waals surface area contributed by atoms with Crippen LogP contribution < -0.4 is 5.43 Å². The highest BCUT2D eigenvalue weighted by atomic mass is 16.6. The van der Waals surface area contributed by atoms with Gasteiger partial charge in [-0.1, -0.05) is 12.1 Å². The van der Waals surface area contributed by atoms with Crippen LogP contribution in [-0.2, 0) is 9.53 Å². The second kappa shape index (κ2) is 7.10. The molecular formula is C12H15N3O4. The first-order chi connectivity index (χ1) is 9.04. The Morgan fingerprint density at radius 2 is 2.11 bits per heavy atom. The van der Waals surface area contributed by atoms with Crippen molar-refractivity contribution in [3.63, 3.8) is 0 Å². The van der Waals surface area contributed by atoms with Gasteiger partial charge in [-0.3, -0.25) is 20.3 Å². The standard InChI is InChI=1S/C12H15N3O4/c1-9(7-8-12(16)19-2)13-14-10-5-3-4-6-11(10)15(17)18/h3-6,14H,7-8H2,1-2H3/b13-9+. The Hall–Kier alpha value is -2.44. The first kappa shape index (κ1) is 14.6. The van der Waals surface area contributed by atoms with Crippen LogP contribution in [0, 0.1) is 10.1 Å². The summed E-state index contributed by atoms with van der Waals surface area (Å²) in [4.78, 5) is 21.2. The number of carbonyl (C=O) groups excluding carboxylic acids is 1. The van der Waals surface area contributed by atoms with Crippen molar-refractivity contribution in [3.8, 4) is 0 Å². The zero-order chi connectivity index (χ0) is 14.3. The summed E-state index contributed by atoms with van der Waals surface area (Å²) in [5.41, 5.74) is 3.55. The van der Waals surface area contributed by atoms with Gasteiger partial charge >= 0.3 is 5.97 Å². The normalized spacial score (nSPS) is 10.9. The number of hydrogen-bond donors (Lipinski definition) is 1. The highest BCUT2D eigenvalue weighted by molar-refractivity contribution is 5.86. The summed E-state index contributed by atoms with van der Waals surface area (Å²) < 4.78 is 4.51. The number of rotatable bonds is 6. The molecule has 1 aromatic rings. The average Bonchev–Trinajstić information content (AvgIpc) is 2.42. The van der Waals surface area contributed by atoms with Gasteiger partial charge in [-0.15, -0.1) is 0 Å². The van der Waals surface area contributed by atoms with Gasteiger partial charge in [0.25, 0.3) is 5.69 Å². The van der Waals surface area contributed by atoms with Gasteiger partial charge < -0.3 is 4.74 Å². The van der Waals surface area contributed by atoms with Gasteiger partial charge in [-0.2, -0.15) is 5.10 Å². The van der Waals surface area contributed by atoms with Crippen LogP contribution in [0.4, 0.5) is 11.4 Å². The highest BCUT2D eigenvalue weighted by Gasteiger charge is 2.11. The number of nitrogens with zero attached hydrogens (tertiary/aromatic N) is 2. The van der Waals surface area contributed by atoms with Crippen molar-refractivity contribution in [1.82, 2.24) is 0 Å². The molecule has 0 aliphatic carbocycles. The zero-order valence-electron chi connectivity index (χ0n) is 10.8. The van der Waals surface area contributed by atoms with E-state index < -0.39 is 4.92 Å². The molecule has 0 spiro atoms. The summed E-state index contributed by atoms with van der Waals surface area (Å²) in [6.45, 7) is 1.73. The number of anilines is 1. The van der Waals surface area contributed by atoms with Crippen molar-refractivity contribution >= 4 is 23.1 Å². The van der Waals surface area contributed by atoms with E-state index in [4.69, 9.17) is 0 Å². The van der Waals surface area contributed by atoms with E-state index in [9.17, 15) is 14.9 Å². The number of benzene rings is 1. The highest BCUT2D eigenvalue weighted by Crippen LogP contribution is 2.23. The van der Waals surface area contributed by atoms with Crippen LogP contribution in [0.1, 0.15) is 19.8 Å². The smallest absolute Gasteiger partial charge is 0.305 e. The van der Waals surface area contributed by atoms with E-state index in [0.717, 1.165) is 0 Å². The topological polar surface area (TPSA) is 93.8 Å². The fraction of sp³-hybridized carbons (Fsp3) is 0.333. The molecule has 7 heteroatoms. The number of hydrazone groups is 1.